The minimum absolute atomic E-state index is 0.00370. The van der Waals surface area contributed by atoms with Crippen LogP contribution in [0.2, 0.25) is 0 Å². The molecule has 0 unspecified atom stereocenters. The normalized spacial score (nSPS) is 11.7. The summed E-state index contributed by atoms with van der Waals surface area (Å²) < 4.78 is 46.4. The van der Waals surface area contributed by atoms with Crippen molar-refractivity contribution in [2.45, 2.75) is 19.3 Å². The molecule has 38 heavy (non-hydrogen) atoms. The highest BCUT2D eigenvalue weighted by Gasteiger charge is 2.32. The molecular weight excluding hydrogens is 507 g/mol. The molecule has 2 amide bonds. The molecule has 14 heteroatoms. The Bertz CT molecular complexity index is 1750. The second-order valence-electron chi connectivity index (χ2n) is 8.23. The molecule has 0 bridgehead atoms. The van der Waals surface area contributed by atoms with Gasteiger partial charge in [-0.25, -0.2) is 19.3 Å². The van der Waals surface area contributed by atoms with Crippen molar-refractivity contribution in [3.05, 3.63) is 93.6 Å². The van der Waals surface area contributed by atoms with Crippen LogP contribution in [0.15, 0.2) is 63.9 Å². The number of nitrogens with one attached hydrogen (secondary N) is 2. The van der Waals surface area contributed by atoms with E-state index >= 15 is 0 Å². The number of aryl methyl sites for hydroxylation is 1. The third kappa shape index (κ3) is 4.83. The molecule has 4 aromatic heterocycles. The van der Waals surface area contributed by atoms with E-state index in [-0.39, 0.29) is 35.8 Å². The van der Waals surface area contributed by atoms with Gasteiger partial charge in [-0.15, -0.1) is 0 Å². The highest BCUT2D eigenvalue weighted by atomic mass is 19.4. The quantitative estimate of drug-likeness (QED) is 0.348. The zero-order valence-electron chi connectivity index (χ0n) is 19.6. The Morgan fingerprint density at radius 3 is 2.58 bits per heavy atom. The number of oxazole rings is 1. The van der Waals surface area contributed by atoms with Crippen molar-refractivity contribution in [1.29, 1.82) is 0 Å². The number of pyridine rings is 1. The van der Waals surface area contributed by atoms with Crippen LogP contribution < -0.4 is 16.4 Å². The van der Waals surface area contributed by atoms with Crippen LogP contribution in [-0.4, -0.2) is 36.0 Å². The molecule has 0 aliphatic rings. The Balaban J connectivity index is 1.33. The fourth-order valence-corrected chi connectivity index (χ4v) is 3.74. The fraction of sp³-hybridized carbons (Fsp3) is 0.167. The first kappa shape index (κ1) is 24.7. The van der Waals surface area contributed by atoms with Gasteiger partial charge in [0.25, 0.3) is 11.8 Å². The maximum atomic E-state index is 12.9. The lowest BCUT2D eigenvalue weighted by atomic mass is 10.2. The number of fused-ring (bicyclic) bond motifs is 2. The van der Waals surface area contributed by atoms with E-state index in [1.807, 2.05) is 0 Å². The number of hydrogen-bond donors (Lipinski definition) is 2. The van der Waals surface area contributed by atoms with Crippen molar-refractivity contribution in [3.8, 4) is 0 Å². The second kappa shape index (κ2) is 9.46. The van der Waals surface area contributed by atoms with Gasteiger partial charge in [-0.3, -0.25) is 14.2 Å². The number of halogens is 3. The molecule has 5 aromatic rings. The minimum atomic E-state index is -4.62. The molecule has 0 spiro atoms. The van der Waals surface area contributed by atoms with E-state index < -0.39 is 29.4 Å². The maximum Gasteiger partial charge on any atom is 0.433 e. The van der Waals surface area contributed by atoms with Gasteiger partial charge in [0.1, 0.15) is 17.1 Å². The van der Waals surface area contributed by atoms with E-state index in [9.17, 15) is 27.6 Å². The predicted molar refractivity (Wildman–Crippen MR) is 126 cm³/mol. The Kier molecular flexibility index (Phi) is 6.14. The van der Waals surface area contributed by atoms with Gasteiger partial charge in [0.2, 0.25) is 0 Å². The van der Waals surface area contributed by atoms with Crippen LogP contribution in [0.1, 0.15) is 37.9 Å². The largest absolute Gasteiger partial charge is 0.433 e. The summed E-state index contributed by atoms with van der Waals surface area (Å²) in [6.07, 6.45) is -3.23. The fourth-order valence-electron chi connectivity index (χ4n) is 3.74. The van der Waals surface area contributed by atoms with Gasteiger partial charge in [-0.2, -0.15) is 18.3 Å². The molecule has 11 nitrogen and oxygen atoms in total. The van der Waals surface area contributed by atoms with E-state index in [1.165, 1.54) is 39.5 Å². The molecule has 0 radical (unpaired) electrons. The molecule has 0 saturated heterocycles. The zero-order valence-corrected chi connectivity index (χ0v) is 19.6. The van der Waals surface area contributed by atoms with E-state index in [1.54, 1.807) is 25.2 Å². The van der Waals surface area contributed by atoms with E-state index in [2.05, 4.69) is 25.7 Å². The first-order valence-corrected chi connectivity index (χ1v) is 11.1. The average Bonchev–Trinajstić information content (AvgIpc) is 3.48. The van der Waals surface area contributed by atoms with Crippen LogP contribution in [0.3, 0.4) is 0 Å². The summed E-state index contributed by atoms with van der Waals surface area (Å²) in [6, 6.07) is 11.1. The number of rotatable bonds is 6. The first-order chi connectivity index (χ1) is 18.1. The van der Waals surface area contributed by atoms with E-state index in [0.29, 0.717) is 16.7 Å². The summed E-state index contributed by atoms with van der Waals surface area (Å²) in [5.74, 6) is -1.78. The Morgan fingerprint density at radius 1 is 1.00 bits per heavy atom. The lowest BCUT2D eigenvalue weighted by Gasteiger charge is -2.11. The lowest BCUT2D eigenvalue weighted by Crippen LogP contribution is -2.29. The van der Waals surface area contributed by atoms with Crippen molar-refractivity contribution in [3.63, 3.8) is 0 Å². The van der Waals surface area contributed by atoms with Crippen molar-refractivity contribution >= 4 is 28.6 Å². The van der Waals surface area contributed by atoms with Gasteiger partial charge in [0, 0.05) is 25.7 Å². The van der Waals surface area contributed by atoms with Crippen molar-refractivity contribution in [1.82, 2.24) is 34.8 Å². The molecule has 0 atom stereocenters. The Hall–Kier alpha value is -5.01. The van der Waals surface area contributed by atoms with Crippen LogP contribution in [0, 0.1) is 0 Å². The average molecular weight is 525 g/mol. The highest BCUT2D eigenvalue weighted by molar-refractivity contribution is 5.98. The van der Waals surface area contributed by atoms with Crippen LogP contribution in [-0.2, 0) is 26.3 Å². The molecule has 2 N–H and O–H groups in total. The number of amides is 2. The number of carbonyl (C=O) groups excluding carboxylic acids is 2. The molecular formula is C24H18F3N7O4. The summed E-state index contributed by atoms with van der Waals surface area (Å²) in [5.41, 5.74) is 0.698. The first-order valence-electron chi connectivity index (χ1n) is 11.1. The molecule has 0 saturated carbocycles. The zero-order chi connectivity index (χ0) is 27.0. The monoisotopic (exact) mass is 525 g/mol. The molecule has 5 rings (SSSR count). The number of hydrogen-bond acceptors (Lipinski definition) is 7. The molecule has 0 fully saturated rings. The van der Waals surface area contributed by atoms with Gasteiger partial charge in [0.15, 0.2) is 11.2 Å². The minimum Gasteiger partial charge on any atom is -0.408 e. The molecule has 4 heterocycles. The predicted octanol–water partition coefficient (Wildman–Crippen LogP) is 2.45. The topological polar surface area (TPSA) is 136 Å². The number of benzene rings is 1. The van der Waals surface area contributed by atoms with Crippen LogP contribution in [0.25, 0.3) is 16.7 Å². The van der Waals surface area contributed by atoms with Crippen LogP contribution >= 0.6 is 0 Å². The summed E-state index contributed by atoms with van der Waals surface area (Å²) in [5, 5.41) is 9.24. The van der Waals surface area contributed by atoms with Crippen LogP contribution in [0.4, 0.5) is 13.2 Å². The number of carbonyl (C=O) groups is 2. The van der Waals surface area contributed by atoms with Gasteiger partial charge < -0.3 is 15.1 Å². The number of aromatic nitrogens is 5. The third-order valence-electron chi connectivity index (χ3n) is 5.66. The smallest absolute Gasteiger partial charge is 0.408 e. The maximum absolute atomic E-state index is 12.9. The van der Waals surface area contributed by atoms with Crippen molar-refractivity contribution in [2.24, 2.45) is 7.05 Å². The summed E-state index contributed by atoms with van der Waals surface area (Å²) >= 11 is 0. The highest BCUT2D eigenvalue weighted by Crippen LogP contribution is 2.27. The van der Waals surface area contributed by atoms with Crippen molar-refractivity contribution < 1.29 is 27.2 Å². The van der Waals surface area contributed by atoms with E-state index in [0.717, 1.165) is 6.07 Å². The molecule has 0 aliphatic heterocycles. The van der Waals surface area contributed by atoms with Gasteiger partial charge in [-0.1, -0.05) is 12.1 Å². The van der Waals surface area contributed by atoms with Crippen LogP contribution in [0.5, 0.6) is 0 Å². The number of alkyl halides is 3. The lowest BCUT2D eigenvalue weighted by molar-refractivity contribution is -0.141. The second-order valence-corrected chi connectivity index (χ2v) is 8.23. The van der Waals surface area contributed by atoms with E-state index in [4.69, 9.17) is 4.42 Å². The number of nitrogens with zero attached hydrogens (tertiary/aromatic N) is 5. The van der Waals surface area contributed by atoms with Gasteiger partial charge in [0.05, 0.1) is 24.0 Å². The summed E-state index contributed by atoms with van der Waals surface area (Å²) in [4.78, 5) is 45.2. The van der Waals surface area contributed by atoms with Gasteiger partial charge >= 0.3 is 11.9 Å². The molecule has 0 aliphatic carbocycles. The standard InChI is InChI=1S/C24H18F3N7O4/c1-33-16-9-13(5-6-18(16)38-23(33)37)11-28-21(35)15-10-17(34-20(32-15)7-8-30-34)22(36)29-12-14-3-2-4-19(31-14)24(25,26)27/h2-10H,11-12H2,1H3,(H,28,35)(H,29,36). The SMILES string of the molecule is Cn1c(=O)oc2ccc(CNC(=O)c3cc(C(=O)NCc4cccc(C(F)(F)F)n4)n4nccc4n3)cc21. The van der Waals surface area contributed by atoms with Gasteiger partial charge in [-0.05, 0) is 29.8 Å². The summed E-state index contributed by atoms with van der Waals surface area (Å²) in [7, 11) is 1.57. The molecule has 1 aromatic carbocycles. The Morgan fingerprint density at radius 2 is 1.79 bits per heavy atom. The third-order valence-corrected chi connectivity index (χ3v) is 5.66. The van der Waals surface area contributed by atoms with Crippen molar-refractivity contribution in [2.75, 3.05) is 0 Å². The Labute approximate surface area is 210 Å². The summed E-state index contributed by atoms with van der Waals surface area (Å²) in [6.45, 7) is -0.183. The molecule has 194 valence electrons.